The van der Waals surface area contributed by atoms with Crippen LogP contribution < -0.4 is 5.32 Å². The van der Waals surface area contributed by atoms with Crippen molar-refractivity contribution in [3.63, 3.8) is 0 Å². The zero-order valence-corrected chi connectivity index (χ0v) is 7.52. The van der Waals surface area contributed by atoms with Crippen molar-refractivity contribution < 1.29 is 9.53 Å². The Morgan fingerprint density at radius 3 is 2.36 bits per heavy atom. The molecule has 1 rings (SSSR count). The lowest BCUT2D eigenvalue weighted by atomic mass is 10.0. The summed E-state index contributed by atoms with van der Waals surface area (Å²) in [7, 11) is 1.65. The Hall–Kier alpha value is -0.570. The van der Waals surface area contributed by atoms with E-state index in [1.807, 2.05) is 13.8 Å². The van der Waals surface area contributed by atoms with E-state index < -0.39 is 0 Å². The topological polar surface area (TPSA) is 38.3 Å². The monoisotopic (exact) mass is 159 g/mol. The van der Waals surface area contributed by atoms with Crippen LogP contribution in [0.4, 0.5) is 0 Å². The summed E-state index contributed by atoms with van der Waals surface area (Å²) in [6.45, 7) is 5.51. The zero-order chi connectivity index (χ0) is 8.69. The first-order valence-electron chi connectivity index (χ1n) is 4.11. The Morgan fingerprint density at radius 1 is 1.55 bits per heavy atom. The lowest BCUT2D eigenvalue weighted by Gasteiger charge is -2.24. The van der Waals surface area contributed by atoms with Gasteiger partial charge in [0, 0.05) is 19.4 Å². The van der Waals surface area contributed by atoms with Crippen LogP contribution in [0.3, 0.4) is 0 Å². The lowest BCUT2D eigenvalue weighted by Crippen LogP contribution is -2.32. The summed E-state index contributed by atoms with van der Waals surface area (Å²) >= 11 is 0. The fraction of sp³-hybridized carbons (Fsp3) is 0.875. The maximum atomic E-state index is 10.6. The third-order valence-electron chi connectivity index (χ3n) is 1.46. The maximum absolute atomic E-state index is 10.6. The number of carbonyl (C=O) groups is 1. The molecule has 1 amide bonds. The van der Waals surface area contributed by atoms with Crippen LogP contribution in [-0.4, -0.2) is 26.2 Å². The summed E-state index contributed by atoms with van der Waals surface area (Å²) in [5, 5.41) is 2.57. The van der Waals surface area contributed by atoms with Gasteiger partial charge < -0.3 is 10.1 Å². The molecule has 0 bridgehead atoms. The molecule has 0 aromatic carbocycles. The number of rotatable bonds is 2. The van der Waals surface area contributed by atoms with E-state index in [1.54, 1.807) is 7.05 Å². The fourth-order valence-electron chi connectivity index (χ4n) is 0.767. The third kappa shape index (κ3) is 3.98. The van der Waals surface area contributed by atoms with Crippen LogP contribution in [0.5, 0.6) is 0 Å². The predicted octanol–water partition coefficient (Wildman–Crippen LogP) is 0.795. The van der Waals surface area contributed by atoms with Crippen LogP contribution in [0.25, 0.3) is 0 Å². The normalized spacial score (nSPS) is 15.9. The maximum Gasteiger partial charge on any atom is 0.220 e. The van der Waals surface area contributed by atoms with Crippen molar-refractivity contribution >= 4 is 5.91 Å². The molecule has 1 aliphatic rings. The first kappa shape index (κ1) is 10.4. The first-order valence-corrected chi connectivity index (χ1v) is 4.11. The van der Waals surface area contributed by atoms with Crippen LogP contribution in [0.15, 0.2) is 0 Å². The molecule has 0 aromatic heterocycles. The van der Waals surface area contributed by atoms with Crippen molar-refractivity contribution in [3.05, 3.63) is 0 Å². The minimum atomic E-state index is 0.114. The van der Waals surface area contributed by atoms with E-state index in [-0.39, 0.29) is 5.91 Å². The summed E-state index contributed by atoms with van der Waals surface area (Å²) in [5.74, 6) is 0.591. The van der Waals surface area contributed by atoms with Gasteiger partial charge in [-0.3, -0.25) is 4.79 Å². The highest BCUT2D eigenvalue weighted by Crippen LogP contribution is 2.13. The van der Waals surface area contributed by atoms with Gasteiger partial charge in [0.15, 0.2) is 0 Å². The highest BCUT2D eigenvalue weighted by Gasteiger charge is 2.20. The van der Waals surface area contributed by atoms with E-state index in [2.05, 4.69) is 5.32 Å². The molecule has 3 nitrogen and oxygen atoms in total. The average Bonchev–Trinajstić information content (AvgIpc) is 2.00. The van der Waals surface area contributed by atoms with Crippen molar-refractivity contribution in [2.45, 2.75) is 20.3 Å². The Bertz CT molecular complexity index is 111. The molecule has 1 saturated heterocycles. The molecule has 1 aliphatic heterocycles. The second-order valence-corrected chi connectivity index (χ2v) is 2.28. The molecule has 1 fully saturated rings. The van der Waals surface area contributed by atoms with E-state index in [9.17, 15) is 4.79 Å². The third-order valence-corrected chi connectivity index (χ3v) is 1.46. The van der Waals surface area contributed by atoms with Gasteiger partial charge in [-0.25, -0.2) is 0 Å². The molecule has 0 unspecified atom stereocenters. The van der Waals surface area contributed by atoms with Crippen LogP contribution in [0, 0.1) is 5.92 Å². The van der Waals surface area contributed by atoms with Gasteiger partial charge in [0.1, 0.15) is 0 Å². The molecule has 66 valence electrons. The number of amides is 1. The van der Waals surface area contributed by atoms with E-state index in [0.29, 0.717) is 12.3 Å². The standard InChI is InChI=1S/C6H11NO2.C2H6/c1-7-6(8)2-5-3-9-4-5;1-2/h5H,2-4H2,1H3,(H,7,8);1-2H3. The molecule has 0 aliphatic carbocycles. The molecule has 3 heteroatoms. The minimum Gasteiger partial charge on any atom is -0.381 e. The molecular formula is C8H17NO2. The summed E-state index contributed by atoms with van der Waals surface area (Å²) in [6.07, 6.45) is 0.622. The van der Waals surface area contributed by atoms with Gasteiger partial charge in [-0.2, -0.15) is 0 Å². The van der Waals surface area contributed by atoms with Gasteiger partial charge in [-0.05, 0) is 0 Å². The van der Waals surface area contributed by atoms with Crippen molar-refractivity contribution in [1.82, 2.24) is 5.32 Å². The van der Waals surface area contributed by atoms with E-state index in [4.69, 9.17) is 4.74 Å². The molecular weight excluding hydrogens is 142 g/mol. The molecule has 0 spiro atoms. The van der Waals surface area contributed by atoms with Crippen LogP contribution in [0.2, 0.25) is 0 Å². The Labute approximate surface area is 68.1 Å². The fourth-order valence-corrected chi connectivity index (χ4v) is 0.767. The largest absolute Gasteiger partial charge is 0.381 e. The predicted molar refractivity (Wildman–Crippen MR) is 44.3 cm³/mol. The molecule has 1 N–H and O–H groups in total. The summed E-state index contributed by atoms with van der Waals surface area (Å²) in [6, 6.07) is 0. The number of nitrogens with one attached hydrogen (secondary N) is 1. The van der Waals surface area contributed by atoms with Gasteiger partial charge in [-0.15, -0.1) is 0 Å². The van der Waals surface area contributed by atoms with Gasteiger partial charge in [0.25, 0.3) is 0 Å². The minimum absolute atomic E-state index is 0.114. The number of hydrogen-bond donors (Lipinski definition) is 1. The molecule has 0 saturated carbocycles. The van der Waals surface area contributed by atoms with Crippen LogP contribution in [-0.2, 0) is 9.53 Å². The van der Waals surface area contributed by atoms with Crippen molar-refractivity contribution in [3.8, 4) is 0 Å². The molecule has 1 heterocycles. The Balaban J connectivity index is 0.000000461. The molecule has 0 aromatic rings. The van der Waals surface area contributed by atoms with Gasteiger partial charge in [0.2, 0.25) is 5.91 Å². The Morgan fingerprint density at radius 2 is 2.09 bits per heavy atom. The second kappa shape index (κ2) is 6.16. The highest BCUT2D eigenvalue weighted by molar-refractivity contribution is 5.75. The van der Waals surface area contributed by atoms with Crippen molar-refractivity contribution in [2.75, 3.05) is 20.3 Å². The molecule has 0 radical (unpaired) electrons. The quantitative estimate of drug-likeness (QED) is 0.647. The molecule has 11 heavy (non-hydrogen) atoms. The van der Waals surface area contributed by atoms with E-state index in [0.717, 1.165) is 13.2 Å². The summed E-state index contributed by atoms with van der Waals surface area (Å²) in [5.41, 5.74) is 0. The van der Waals surface area contributed by atoms with Gasteiger partial charge in [-0.1, -0.05) is 13.8 Å². The van der Waals surface area contributed by atoms with Crippen LogP contribution >= 0.6 is 0 Å². The van der Waals surface area contributed by atoms with Gasteiger partial charge in [0.05, 0.1) is 13.2 Å². The van der Waals surface area contributed by atoms with Crippen molar-refractivity contribution in [1.29, 1.82) is 0 Å². The second-order valence-electron chi connectivity index (χ2n) is 2.28. The zero-order valence-electron chi connectivity index (χ0n) is 7.52. The smallest absolute Gasteiger partial charge is 0.220 e. The van der Waals surface area contributed by atoms with E-state index in [1.165, 1.54) is 0 Å². The van der Waals surface area contributed by atoms with Crippen molar-refractivity contribution in [2.24, 2.45) is 5.92 Å². The van der Waals surface area contributed by atoms with Gasteiger partial charge >= 0.3 is 0 Å². The van der Waals surface area contributed by atoms with E-state index >= 15 is 0 Å². The summed E-state index contributed by atoms with van der Waals surface area (Å²) < 4.78 is 4.90. The number of carbonyl (C=O) groups excluding carboxylic acids is 1. The SMILES string of the molecule is CC.CNC(=O)CC1COC1. The highest BCUT2D eigenvalue weighted by atomic mass is 16.5. The first-order chi connectivity index (χ1) is 5.33. The lowest BCUT2D eigenvalue weighted by molar-refractivity contribution is -0.126. The molecule has 0 atom stereocenters. The summed E-state index contributed by atoms with van der Waals surface area (Å²) in [4.78, 5) is 10.6. The number of hydrogen-bond acceptors (Lipinski definition) is 2. The Kier molecular flexibility index (Phi) is 5.84. The number of ether oxygens (including phenoxy) is 1. The van der Waals surface area contributed by atoms with Crippen LogP contribution in [0.1, 0.15) is 20.3 Å². The average molecular weight is 159 g/mol.